The van der Waals surface area contributed by atoms with Gasteiger partial charge in [-0.25, -0.2) is 0 Å². The molecule has 0 unspecified atom stereocenters. The summed E-state index contributed by atoms with van der Waals surface area (Å²) in [5.74, 6) is 0.00842. The van der Waals surface area contributed by atoms with Gasteiger partial charge in [0.2, 0.25) is 0 Å². The van der Waals surface area contributed by atoms with Crippen LogP contribution < -0.4 is 0 Å². The molecule has 8 nitrogen and oxygen atoms in total. The zero-order chi connectivity index (χ0) is 21.1. The number of halogens is 1. The fourth-order valence-electron chi connectivity index (χ4n) is 3.22. The van der Waals surface area contributed by atoms with E-state index in [9.17, 15) is 4.79 Å². The molecule has 0 spiro atoms. The smallest absolute Gasteiger partial charge is 0.160 e. The second-order valence-corrected chi connectivity index (χ2v) is 7.18. The first kappa shape index (κ1) is 19.8. The van der Waals surface area contributed by atoms with Gasteiger partial charge in [-0.2, -0.15) is 5.10 Å². The summed E-state index contributed by atoms with van der Waals surface area (Å²) in [4.78, 5) is 25.3. The number of rotatable bonds is 6. The molecule has 0 atom stereocenters. The molecule has 0 fully saturated rings. The fourth-order valence-corrected chi connectivity index (χ4v) is 3.33. The summed E-state index contributed by atoms with van der Waals surface area (Å²) in [5, 5.41) is 12.8. The Labute approximate surface area is 178 Å². The number of hydrogen-bond donors (Lipinski definition) is 0. The zero-order valence-corrected chi connectivity index (χ0v) is 17.2. The average molecular weight is 420 g/mol. The molecule has 0 bridgehead atoms. The van der Waals surface area contributed by atoms with Crippen LogP contribution in [0.2, 0.25) is 5.15 Å². The lowest BCUT2D eigenvalue weighted by Crippen LogP contribution is -2.15. The molecule has 30 heavy (non-hydrogen) atoms. The molecule has 0 N–H and O–H groups in total. The van der Waals surface area contributed by atoms with E-state index >= 15 is 0 Å². The van der Waals surface area contributed by atoms with Gasteiger partial charge in [-0.05, 0) is 38.1 Å². The predicted molar refractivity (Wildman–Crippen MR) is 112 cm³/mol. The third-order valence-electron chi connectivity index (χ3n) is 4.66. The standard InChI is InChI=1S/C21H18ClN7O/c1-13-21(18-5-6-20(22)27-26-18)14(2)29(28-13)12-17(30)9-16-4-3-15(10-25-16)19-11-23-7-8-24-19/h3-8,10-11H,9,12H2,1-2H3. The Morgan fingerprint density at radius 1 is 1.00 bits per heavy atom. The Balaban J connectivity index is 1.47. The first-order valence-electron chi connectivity index (χ1n) is 9.28. The van der Waals surface area contributed by atoms with Gasteiger partial charge < -0.3 is 0 Å². The van der Waals surface area contributed by atoms with Crippen molar-refractivity contribution >= 4 is 17.4 Å². The highest BCUT2D eigenvalue weighted by Gasteiger charge is 2.17. The maximum Gasteiger partial charge on any atom is 0.160 e. The van der Waals surface area contributed by atoms with Crippen LogP contribution in [0.1, 0.15) is 17.1 Å². The number of aryl methyl sites for hydroxylation is 1. The second kappa shape index (κ2) is 8.46. The van der Waals surface area contributed by atoms with Crippen molar-refractivity contribution in [3.05, 3.63) is 71.3 Å². The number of Topliss-reactive ketones (excluding diaryl/α,β-unsaturated/α-hetero) is 1. The lowest BCUT2D eigenvalue weighted by atomic mass is 10.1. The van der Waals surface area contributed by atoms with Crippen LogP contribution >= 0.6 is 11.6 Å². The minimum Gasteiger partial charge on any atom is -0.297 e. The maximum absolute atomic E-state index is 12.6. The van der Waals surface area contributed by atoms with Crippen molar-refractivity contribution in [2.24, 2.45) is 0 Å². The minimum absolute atomic E-state index is 0.00842. The van der Waals surface area contributed by atoms with Gasteiger partial charge in [0.25, 0.3) is 0 Å². The van der Waals surface area contributed by atoms with Gasteiger partial charge >= 0.3 is 0 Å². The van der Waals surface area contributed by atoms with Crippen molar-refractivity contribution in [1.82, 2.24) is 34.9 Å². The van der Waals surface area contributed by atoms with Crippen LogP contribution in [0.25, 0.3) is 22.5 Å². The number of carbonyl (C=O) groups is 1. The fraction of sp³-hybridized carbons (Fsp3) is 0.190. The molecule has 4 aromatic rings. The molecule has 150 valence electrons. The van der Waals surface area contributed by atoms with E-state index in [2.05, 4.69) is 30.2 Å². The lowest BCUT2D eigenvalue weighted by Gasteiger charge is -2.06. The molecule has 4 rings (SSSR count). The normalized spacial score (nSPS) is 10.9. The monoisotopic (exact) mass is 419 g/mol. The van der Waals surface area contributed by atoms with E-state index in [1.807, 2.05) is 26.0 Å². The van der Waals surface area contributed by atoms with Crippen molar-refractivity contribution in [2.45, 2.75) is 26.8 Å². The van der Waals surface area contributed by atoms with Gasteiger partial charge in [-0.1, -0.05) is 11.6 Å². The van der Waals surface area contributed by atoms with Gasteiger partial charge in [0.15, 0.2) is 10.9 Å². The molecule has 0 aliphatic rings. The third kappa shape index (κ3) is 4.23. The van der Waals surface area contributed by atoms with Crippen LogP contribution in [0.4, 0.5) is 0 Å². The summed E-state index contributed by atoms with van der Waals surface area (Å²) >= 11 is 5.82. The van der Waals surface area contributed by atoms with E-state index in [0.29, 0.717) is 16.5 Å². The Kier molecular flexibility index (Phi) is 5.58. The van der Waals surface area contributed by atoms with Crippen LogP contribution in [-0.2, 0) is 17.8 Å². The quantitative estimate of drug-likeness (QED) is 0.472. The third-order valence-corrected chi connectivity index (χ3v) is 4.86. The van der Waals surface area contributed by atoms with Crippen LogP contribution in [0.5, 0.6) is 0 Å². The number of hydrogen-bond acceptors (Lipinski definition) is 7. The van der Waals surface area contributed by atoms with Crippen molar-refractivity contribution < 1.29 is 4.79 Å². The Hall–Kier alpha value is -3.52. The first-order valence-corrected chi connectivity index (χ1v) is 9.65. The molecule has 4 heterocycles. The molecular formula is C21H18ClN7O. The van der Waals surface area contributed by atoms with E-state index in [1.165, 1.54) is 0 Å². The van der Waals surface area contributed by atoms with Crippen molar-refractivity contribution in [2.75, 3.05) is 0 Å². The summed E-state index contributed by atoms with van der Waals surface area (Å²) in [6.07, 6.45) is 6.84. The van der Waals surface area contributed by atoms with Crippen molar-refractivity contribution in [1.29, 1.82) is 0 Å². The van der Waals surface area contributed by atoms with E-state index in [4.69, 9.17) is 11.6 Å². The molecule has 4 aromatic heterocycles. The number of ketones is 1. The van der Waals surface area contributed by atoms with E-state index in [-0.39, 0.29) is 18.7 Å². The molecule has 0 aromatic carbocycles. The van der Waals surface area contributed by atoms with Gasteiger partial charge in [-0.3, -0.25) is 24.4 Å². The molecular weight excluding hydrogens is 402 g/mol. The summed E-state index contributed by atoms with van der Waals surface area (Å²) in [7, 11) is 0. The molecule has 0 radical (unpaired) electrons. The Morgan fingerprint density at radius 3 is 2.53 bits per heavy atom. The molecule has 0 saturated heterocycles. The molecule has 0 amide bonds. The van der Waals surface area contributed by atoms with Crippen LogP contribution in [-0.4, -0.2) is 40.7 Å². The van der Waals surface area contributed by atoms with Crippen LogP contribution in [0.3, 0.4) is 0 Å². The number of carbonyl (C=O) groups excluding carboxylic acids is 1. The number of aromatic nitrogens is 7. The van der Waals surface area contributed by atoms with Crippen molar-refractivity contribution in [3.8, 4) is 22.5 Å². The highest BCUT2D eigenvalue weighted by atomic mass is 35.5. The summed E-state index contributed by atoms with van der Waals surface area (Å²) < 4.78 is 1.69. The van der Waals surface area contributed by atoms with Gasteiger partial charge in [0.05, 0.1) is 29.7 Å². The predicted octanol–water partition coefficient (Wildman–Crippen LogP) is 3.27. The number of pyridine rings is 1. The van der Waals surface area contributed by atoms with Crippen molar-refractivity contribution in [3.63, 3.8) is 0 Å². The highest BCUT2D eigenvalue weighted by molar-refractivity contribution is 6.29. The molecule has 0 aliphatic heterocycles. The topological polar surface area (TPSA) is 99.3 Å². The van der Waals surface area contributed by atoms with Crippen LogP contribution in [0, 0.1) is 13.8 Å². The second-order valence-electron chi connectivity index (χ2n) is 6.79. The first-order chi connectivity index (χ1) is 14.5. The van der Waals surface area contributed by atoms with Gasteiger partial charge in [-0.15, -0.1) is 10.2 Å². The van der Waals surface area contributed by atoms with Crippen LogP contribution in [0.15, 0.2) is 49.1 Å². The van der Waals surface area contributed by atoms with Gasteiger partial charge in [0.1, 0.15) is 6.54 Å². The summed E-state index contributed by atoms with van der Waals surface area (Å²) in [5.41, 5.74) is 5.45. The molecule has 0 aliphatic carbocycles. The van der Waals surface area contributed by atoms with Gasteiger partial charge in [0, 0.05) is 41.1 Å². The Bertz CT molecular complexity index is 1170. The summed E-state index contributed by atoms with van der Waals surface area (Å²) in [6.45, 7) is 3.94. The minimum atomic E-state index is 0.00842. The largest absolute Gasteiger partial charge is 0.297 e. The lowest BCUT2D eigenvalue weighted by molar-refractivity contribution is -0.119. The Morgan fingerprint density at radius 2 is 1.87 bits per heavy atom. The van der Waals surface area contributed by atoms with E-state index in [0.717, 1.165) is 28.2 Å². The highest BCUT2D eigenvalue weighted by Crippen LogP contribution is 2.25. The SMILES string of the molecule is Cc1nn(CC(=O)Cc2ccc(-c3cnccn3)cn2)c(C)c1-c1ccc(Cl)nn1. The molecule has 9 heteroatoms. The number of nitrogens with zero attached hydrogens (tertiary/aromatic N) is 7. The average Bonchev–Trinajstić information content (AvgIpc) is 3.03. The van der Waals surface area contributed by atoms with E-state index in [1.54, 1.807) is 41.6 Å². The molecule has 0 saturated carbocycles. The zero-order valence-electron chi connectivity index (χ0n) is 16.4. The maximum atomic E-state index is 12.6. The summed E-state index contributed by atoms with van der Waals surface area (Å²) in [6, 6.07) is 7.20. The van der Waals surface area contributed by atoms with E-state index < -0.39 is 0 Å².